The summed E-state index contributed by atoms with van der Waals surface area (Å²) < 4.78 is 4.62. The SMILES string of the molecule is O=C(CNCCc1ncon1)NC1CCCCC1. The Labute approximate surface area is 107 Å². The van der Waals surface area contributed by atoms with E-state index in [1.807, 2.05) is 0 Å². The van der Waals surface area contributed by atoms with Crippen LogP contribution in [0.25, 0.3) is 0 Å². The number of nitrogens with one attached hydrogen (secondary N) is 2. The van der Waals surface area contributed by atoms with Crippen molar-refractivity contribution in [1.29, 1.82) is 0 Å². The van der Waals surface area contributed by atoms with Gasteiger partial charge in [-0.05, 0) is 12.8 Å². The standard InChI is InChI=1S/C12H20N4O2/c17-12(15-10-4-2-1-3-5-10)8-13-7-6-11-14-9-18-16-11/h9-10,13H,1-8H2,(H,15,17). The van der Waals surface area contributed by atoms with E-state index >= 15 is 0 Å². The van der Waals surface area contributed by atoms with Gasteiger partial charge in [0.15, 0.2) is 5.82 Å². The second kappa shape index (κ2) is 7.10. The summed E-state index contributed by atoms with van der Waals surface area (Å²) in [6, 6.07) is 0.380. The van der Waals surface area contributed by atoms with Gasteiger partial charge in [-0.15, -0.1) is 0 Å². The summed E-state index contributed by atoms with van der Waals surface area (Å²) in [5.74, 6) is 0.741. The minimum absolute atomic E-state index is 0.0787. The third kappa shape index (κ3) is 4.44. The van der Waals surface area contributed by atoms with Crippen LogP contribution in [0.4, 0.5) is 0 Å². The van der Waals surface area contributed by atoms with Crippen LogP contribution in [0.1, 0.15) is 37.9 Å². The van der Waals surface area contributed by atoms with Crippen LogP contribution in [0.2, 0.25) is 0 Å². The van der Waals surface area contributed by atoms with E-state index < -0.39 is 0 Å². The molecule has 100 valence electrons. The predicted octanol–water partition coefficient (Wildman–Crippen LogP) is 0.651. The first kappa shape index (κ1) is 13.0. The smallest absolute Gasteiger partial charge is 0.234 e. The molecule has 1 aromatic heterocycles. The van der Waals surface area contributed by atoms with Crippen LogP contribution in [-0.2, 0) is 11.2 Å². The Morgan fingerprint density at radius 3 is 2.94 bits per heavy atom. The Kier molecular flexibility index (Phi) is 5.14. The zero-order valence-corrected chi connectivity index (χ0v) is 10.5. The summed E-state index contributed by atoms with van der Waals surface area (Å²) in [6.45, 7) is 1.03. The van der Waals surface area contributed by atoms with Crippen LogP contribution < -0.4 is 10.6 Å². The van der Waals surface area contributed by atoms with E-state index in [-0.39, 0.29) is 5.91 Å². The zero-order chi connectivity index (χ0) is 12.6. The summed E-state index contributed by atoms with van der Waals surface area (Å²) in [4.78, 5) is 15.6. The first-order valence-electron chi connectivity index (χ1n) is 6.60. The first-order chi connectivity index (χ1) is 8.84. The normalized spacial score (nSPS) is 16.7. The Morgan fingerprint density at radius 2 is 2.22 bits per heavy atom. The van der Waals surface area contributed by atoms with Crippen molar-refractivity contribution in [2.75, 3.05) is 13.1 Å². The van der Waals surface area contributed by atoms with Crippen molar-refractivity contribution in [1.82, 2.24) is 20.8 Å². The molecule has 1 saturated carbocycles. The fraction of sp³-hybridized carbons (Fsp3) is 0.750. The second-order valence-corrected chi connectivity index (χ2v) is 4.68. The monoisotopic (exact) mass is 252 g/mol. The van der Waals surface area contributed by atoms with E-state index in [4.69, 9.17) is 0 Å². The lowest BCUT2D eigenvalue weighted by Crippen LogP contribution is -2.41. The van der Waals surface area contributed by atoms with Gasteiger partial charge in [-0.3, -0.25) is 4.79 Å². The van der Waals surface area contributed by atoms with Crippen molar-refractivity contribution in [3.63, 3.8) is 0 Å². The van der Waals surface area contributed by atoms with E-state index in [0.29, 0.717) is 31.4 Å². The molecule has 0 bridgehead atoms. The quantitative estimate of drug-likeness (QED) is 0.727. The van der Waals surface area contributed by atoms with Crippen LogP contribution >= 0.6 is 0 Å². The topological polar surface area (TPSA) is 80.1 Å². The first-order valence-corrected chi connectivity index (χ1v) is 6.60. The van der Waals surface area contributed by atoms with Gasteiger partial charge in [0.1, 0.15) is 0 Å². The van der Waals surface area contributed by atoms with Gasteiger partial charge >= 0.3 is 0 Å². The highest BCUT2D eigenvalue weighted by molar-refractivity contribution is 5.78. The van der Waals surface area contributed by atoms with E-state index in [1.54, 1.807) is 0 Å². The maximum atomic E-state index is 11.6. The molecule has 0 aliphatic heterocycles. The lowest BCUT2D eigenvalue weighted by molar-refractivity contribution is -0.121. The molecule has 6 nitrogen and oxygen atoms in total. The highest BCUT2D eigenvalue weighted by Gasteiger charge is 2.15. The Hall–Kier alpha value is -1.43. The molecule has 1 heterocycles. The summed E-state index contributed by atoms with van der Waals surface area (Å²) in [7, 11) is 0. The van der Waals surface area contributed by atoms with Crippen LogP contribution in [0.5, 0.6) is 0 Å². The Bertz CT molecular complexity index is 347. The number of aromatic nitrogens is 2. The van der Waals surface area contributed by atoms with Gasteiger partial charge in [-0.25, -0.2) is 0 Å². The van der Waals surface area contributed by atoms with Crippen LogP contribution in [0, 0.1) is 0 Å². The molecule has 0 radical (unpaired) electrons. The lowest BCUT2D eigenvalue weighted by Gasteiger charge is -2.22. The summed E-state index contributed by atoms with van der Waals surface area (Å²) in [6.07, 6.45) is 7.99. The van der Waals surface area contributed by atoms with Crippen molar-refractivity contribution in [2.45, 2.75) is 44.6 Å². The van der Waals surface area contributed by atoms with Crippen molar-refractivity contribution in [3.8, 4) is 0 Å². The maximum Gasteiger partial charge on any atom is 0.234 e. The van der Waals surface area contributed by atoms with Crippen LogP contribution in [0.15, 0.2) is 10.9 Å². The molecule has 0 unspecified atom stereocenters. The van der Waals surface area contributed by atoms with Gasteiger partial charge in [0.25, 0.3) is 0 Å². The van der Waals surface area contributed by atoms with Crippen LogP contribution in [-0.4, -0.2) is 35.2 Å². The van der Waals surface area contributed by atoms with Crippen molar-refractivity contribution in [3.05, 3.63) is 12.2 Å². The average Bonchev–Trinajstić information content (AvgIpc) is 2.89. The van der Waals surface area contributed by atoms with Crippen molar-refractivity contribution in [2.24, 2.45) is 0 Å². The number of nitrogens with zero attached hydrogens (tertiary/aromatic N) is 2. The van der Waals surface area contributed by atoms with E-state index in [0.717, 1.165) is 12.8 Å². The Morgan fingerprint density at radius 1 is 1.39 bits per heavy atom. The third-order valence-corrected chi connectivity index (χ3v) is 3.19. The minimum Gasteiger partial charge on any atom is -0.352 e. The van der Waals surface area contributed by atoms with Crippen molar-refractivity contribution >= 4 is 5.91 Å². The van der Waals surface area contributed by atoms with Gasteiger partial charge in [-0.2, -0.15) is 4.98 Å². The van der Waals surface area contributed by atoms with E-state index in [1.165, 1.54) is 25.7 Å². The van der Waals surface area contributed by atoms with Crippen LogP contribution in [0.3, 0.4) is 0 Å². The third-order valence-electron chi connectivity index (χ3n) is 3.19. The largest absolute Gasteiger partial charge is 0.352 e. The predicted molar refractivity (Wildman–Crippen MR) is 65.9 cm³/mol. The van der Waals surface area contributed by atoms with Gasteiger partial charge in [0.05, 0.1) is 6.54 Å². The molecule has 1 aliphatic rings. The molecule has 1 amide bonds. The highest BCUT2D eigenvalue weighted by atomic mass is 16.5. The molecule has 0 spiro atoms. The number of hydrogen-bond acceptors (Lipinski definition) is 5. The molecular weight excluding hydrogens is 232 g/mol. The summed E-state index contributed by atoms with van der Waals surface area (Å²) in [5, 5.41) is 9.84. The summed E-state index contributed by atoms with van der Waals surface area (Å²) >= 11 is 0. The second-order valence-electron chi connectivity index (χ2n) is 4.68. The molecule has 6 heteroatoms. The van der Waals surface area contributed by atoms with Gasteiger partial charge in [0, 0.05) is 19.0 Å². The molecule has 2 rings (SSSR count). The van der Waals surface area contributed by atoms with Crippen molar-refractivity contribution < 1.29 is 9.32 Å². The summed E-state index contributed by atoms with van der Waals surface area (Å²) in [5.41, 5.74) is 0. The molecule has 18 heavy (non-hydrogen) atoms. The number of carbonyl (C=O) groups is 1. The van der Waals surface area contributed by atoms with Gasteiger partial charge < -0.3 is 15.2 Å². The number of amides is 1. The zero-order valence-electron chi connectivity index (χ0n) is 10.5. The molecule has 0 saturated heterocycles. The van der Waals surface area contributed by atoms with E-state index in [2.05, 4.69) is 25.3 Å². The maximum absolute atomic E-state index is 11.6. The highest BCUT2D eigenvalue weighted by Crippen LogP contribution is 2.16. The number of hydrogen-bond donors (Lipinski definition) is 2. The fourth-order valence-corrected chi connectivity index (χ4v) is 2.23. The fourth-order valence-electron chi connectivity index (χ4n) is 2.23. The number of carbonyl (C=O) groups excluding carboxylic acids is 1. The average molecular weight is 252 g/mol. The van der Waals surface area contributed by atoms with E-state index in [9.17, 15) is 4.79 Å². The van der Waals surface area contributed by atoms with Gasteiger partial charge in [0.2, 0.25) is 12.3 Å². The minimum atomic E-state index is 0.0787. The molecule has 1 aliphatic carbocycles. The Balaban J connectivity index is 1.54. The lowest BCUT2D eigenvalue weighted by atomic mass is 9.95. The molecule has 2 N–H and O–H groups in total. The molecule has 1 aromatic rings. The number of rotatable bonds is 6. The molecule has 0 aromatic carbocycles. The molecule has 1 fully saturated rings. The van der Waals surface area contributed by atoms with Gasteiger partial charge in [-0.1, -0.05) is 24.4 Å². The molecule has 0 atom stereocenters. The molecular formula is C12H20N4O2.